The molecule has 0 aliphatic carbocycles. The molecule has 0 saturated heterocycles. The van der Waals surface area contributed by atoms with E-state index in [2.05, 4.69) is 0 Å². The fraction of sp³-hybridized carbons (Fsp3) is 0.417. The molecule has 0 spiro atoms. The van der Waals surface area contributed by atoms with Gasteiger partial charge in [-0.1, -0.05) is 6.07 Å². The largest absolute Gasteiger partial charge is 0.393 e. The molecule has 0 unspecified atom stereocenters. The van der Waals surface area contributed by atoms with E-state index in [1.54, 1.807) is 11.0 Å². The summed E-state index contributed by atoms with van der Waals surface area (Å²) in [5, 5.41) is 11.1. The molecule has 2 N–H and O–H groups in total. The van der Waals surface area contributed by atoms with Crippen molar-refractivity contribution in [3.05, 3.63) is 33.4 Å². The lowest BCUT2D eigenvalue weighted by Gasteiger charge is -2.18. The lowest BCUT2D eigenvalue weighted by Crippen LogP contribution is -2.28. The first-order chi connectivity index (χ1) is 8.50. The number of nitro benzene ring substituents is 1. The lowest BCUT2D eigenvalue weighted by atomic mass is 10.0. The van der Waals surface area contributed by atoms with Crippen LogP contribution in [0.2, 0.25) is 0 Å². The molecule has 0 saturated carbocycles. The van der Waals surface area contributed by atoms with Crippen LogP contribution in [0.1, 0.15) is 24.5 Å². The molecular formula is C12H15N3O3. The van der Waals surface area contributed by atoms with E-state index >= 15 is 0 Å². The zero-order valence-electron chi connectivity index (χ0n) is 10.2. The van der Waals surface area contributed by atoms with Gasteiger partial charge in [-0.3, -0.25) is 14.9 Å². The second kappa shape index (κ2) is 4.64. The maximum absolute atomic E-state index is 11.5. The van der Waals surface area contributed by atoms with Gasteiger partial charge in [0.25, 0.3) is 5.69 Å². The predicted molar refractivity (Wildman–Crippen MR) is 66.9 cm³/mol. The number of aryl methyl sites for hydroxylation is 1. The molecule has 0 bridgehead atoms. The summed E-state index contributed by atoms with van der Waals surface area (Å²) in [6, 6.07) is 3.39. The minimum absolute atomic E-state index is 0.0550. The normalized spacial score (nSPS) is 14.8. The van der Waals surface area contributed by atoms with Gasteiger partial charge in [0.1, 0.15) is 5.69 Å². The molecule has 1 aliphatic rings. The van der Waals surface area contributed by atoms with Gasteiger partial charge in [0, 0.05) is 13.5 Å². The molecule has 2 rings (SSSR count). The van der Waals surface area contributed by atoms with Gasteiger partial charge in [0.05, 0.1) is 17.0 Å². The topological polar surface area (TPSA) is 89.5 Å². The van der Waals surface area contributed by atoms with Crippen molar-refractivity contribution in [1.82, 2.24) is 4.90 Å². The smallest absolute Gasteiger partial charge is 0.297 e. The van der Waals surface area contributed by atoms with Gasteiger partial charge in [0.15, 0.2) is 0 Å². The van der Waals surface area contributed by atoms with E-state index in [-0.39, 0.29) is 23.8 Å². The monoisotopic (exact) mass is 249 g/mol. The Morgan fingerprint density at radius 1 is 1.50 bits per heavy atom. The third kappa shape index (κ3) is 2.13. The summed E-state index contributed by atoms with van der Waals surface area (Å²) in [6.07, 6.45) is 1.55. The number of nitrogen functional groups attached to an aromatic ring is 1. The number of nitro groups is 1. The van der Waals surface area contributed by atoms with E-state index < -0.39 is 4.92 Å². The van der Waals surface area contributed by atoms with Crippen LogP contribution < -0.4 is 5.73 Å². The molecule has 0 atom stereocenters. The number of carbonyl (C=O) groups excluding carboxylic acids is 1. The molecule has 1 aliphatic heterocycles. The number of carbonyl (C=O) groups is 1. The molecule has 18 heavy (non-hydrogen) atoms. The Kier molecular flexibility index (Phi) is 3.18. The molecule has 1 heterocycles. The number of hydrogen-bond acceptors (Lipinski definition) is 4. The van der Waals surface area contributed by atoms with Crippen molar-refractivity contribution in [1.29, 1.82) is 0 Å². The number of anilines is 1. The van der Waals surface area contributed by atoms with Crippen LogP contribution in [0.15, 0.2) is 12.1 Å². The first-order valence-electron chi connectivity index (χ1n) is 5.81. The second-order valence-electron chi connectivity index (χ2n) is 4.44. The van der Waals surface area contributed by atoms with E-state index in [0.29, 0.717) is 12.1 Å². The van der Waals surface area contributed by atoms with Crippen molar-refractivity contribution in [2.24, 2.45) is 0 Å². The Morgan fingerprint density at radius 3 is 2.83 bits per heavy atom. The summed E-state index contributed by atoms with van der Waals surface area (Å²) in [5.41, 5.74) is 7.27. The number of amides is 1. The summed E-state index contributed by atoms with van der Waals surface area (Å²) >= 11 is 0. The summed E-state index contributed by atoms with van der Waals surface area (Å²) in [4.78, 5) is 23.7. The van der Waals surface area contributed by atoms with Crippen LogP contribution in [0.4, 0.5) is 11.4 Å². The molecule has 6 nitrogen and oxygen atoms in total. The highest BCUT2D eigenvalue weighted by Gasteiger charge is 2.26. The van der Waals surface area contributed by atoms with Crippen LogP contribution >= 0.6 is 0 Å². The highest BCUT2D eigenvalue weighted by atomic mass is 16.6. The van der Waals surface area contributed by atoms with Crippen molar-refractivity contribution in [2.45, 2.75) is 26.3 Å². The molecule has 1 amide bonds. The number of fused-ring (bicyclic) bond motifs is 1. The molecular weight excluding hydrogens is 234 g/mol. The van der Waals surface area contributed by atoms with Gasteiger partial charge in [-0.25, -0.2) is 0 Å². The van der Waals surface area contributed by atoms with Gasteiger partial charge in [-0.15, -0.1) is 0 Å². The highest BCUT2D eigenvalue weighted by molar-refractivity contribution is 5.74. The van der Waals surface area contributed by atoms with E-state index in [0.717, 1.165) is 18.4 Å². The predicted octanol–water partition coefficient (Wildman–Crippen LogP) is 1.47. The van der Waals surface area contributed by atoms with Gasteiger partial charge < -0.3 is 10.6 Å². The summed E-state index contributed by atoms with van der Waals surface area (Å²) in [5.74, 6) is -0.0698. The lowest BCUT2D eigenvalue weighted by molar-refractivity contribution is -0.384. The van der Waals surface area contributed by atoms with E-state index in [4.69, 9.17) is 5.73 Å². The van der Waals surface area contributed by atoms with Crippen molar-refractivity contribution < 1.29 is 9.72 Å². The molecule has 1 aromatic rings. The Bertz CT molecular complexity index is 514. The average molecular weight is 249 g/mol. The maximum Gasteiger partial charge on any atom is 0.297 e. The van der Waals surface area contributed by atoms with Crippen LogP contribution in [-0.4, -0.2) is 22.3 Å². The zero-order chi connectivity index (χ0) is 13.3. The highest BCUT2D eigenvalue weighted by Crippen LogP contribution is 2.32. The van der Waals surface area contributed by atoms with E-state index in [1.165, 1.54) is 6.92 Å². The Hall–Kier alpha value is -2.11. The molecule has 0 fully saturated rings. The zero-order valence-corrected chi connectivity index (χ0v) is 10.2. The molecule has 0 aromatic heterocycles. The van der Waals surface area contributed by atoms with Crippen LogP contribution in [-0.2, 0) is 17.8 Å². The number of nitrogens with zero attached hydrogens (tertiary/aromatic N) is 2. The van der Waals surface area contributed by atoms with Crippen LogP contribution in [0.5, 0.6) is 0 Å². The third-order valence-corrected chi connectivity index (χ3v) is 3.26. The molecule has 6 heteroatoms. The molecule has 96 valence electrons. The molecule has 0 radical (unpaired) electrons. The van der Waals surface area contributed by atoms with Crippen molar-refractivity contribution in [3.63, 3.8) is 0 Å². The Morgan fingerprint density at radius 2 is 2.22 bits per heavy atom. The summed E-state index contributed by atoms with van der Waals surface area (Å²) < 4.78 is 0. The quantitative estimate of drug-likeness (QED) is 0.463. The third-order valence-electron chi connectivity index (χ3n) is 3.26. The van der Waals surface area contributed by atoms with Crippen molar-refractivity contribution in [3.8, 4) is 0 Å². The van der Waals surface area contributed by atoms with Crippen molar-refractivity contribution >= 4 is 17.3 Å². The molecule has 1 aromatic carbocycles. The maximum atomic E-state index is 11.5. The second-order valence-corrected chi connectivity index (χ2v) is 4.44. The standard InChI is InChI=1S/C12H15N3O3/c1-8(16)14-6-2-3-9-4-5-11(13)12(15(17)18)10(9)7-14/h4-5H,2-3,6-7,13H2,1H3. The first kappa shape index (κ1) is 12.3. The van der Waals surface area contributed by atoms with Crippen LogP contribution in [0.3, 0.4) is 0 Å². The number of benzene rings is 1. The number of nitrogens with two attached hydrogens (primary N) is 1. The SMILES string of the molecule is CC(=O)N1CCCc2ccc(N)c([N+](=O)[O-])c2C1. The van der Waals surface area contributed by atoms with Crippen LogP contribution in [0, 0.1) is 10.1 Å². The van der Waals surface area contributed by atoms with Gasteiger partial charge >= 0.3 is 0 Å². The van der Waals surface area contributed by atoms with Gasteiger partial charge in [-0.05, 0) is 24.5 Å². The average Bonchev–Trinajstić information content (AvgIpc) is 2.50. The Balaban J connectivity index is 2.52. The minimum Gasteiger partial charge on any atom is -0.393 e. The minimum atomic E-state index is -0.461. The fourth-order valence-corrected chi connectivity index (χ4v) is 2.32. The fourth-order valence-electron chi connectivity index (χ4n) is 2.32. The number of hydrogen-bond donors (Lipinski definition) is 1. The number of rotatable bonds is 1. The first-order valence-corrected chi connectivity index (χ1v) is 5.81. The van der Waals surface area contributed by atoms with Crippen molar-refractivity contribution in [2.75, 3.05) is 12.3 Å². The summed E-state index contributed by atoms with van der Waals surface area (Å²) in [6.45, 7) is 2.37. The van der Waals surface area contributed by atoms with E-state index in [9.17, 15) is 14.9 Å². The van der Waals surface area contributed by atoms with Gasteiger partial charge in [0.2, 0.25) is 5.91 Å². The van der Waals surface area contributed by atoms with E-state index in [1.807, 2.05) is 6.07 Å². The van der Waals surface area contributed by atoms with Gasteiger partial charge in [-0.2, -0.15) is 0 Å². The summed E-state index contributed by atoms with van der Waals surface area (Å²) in [7, 11) is 0. The van der Waals surface area contributed by atoms with Crippen LogP contribution in [0.25, 0.3) is 0 Å². The Labute approximate surface area is 105 Å².